The number of ether oxygens (including phenoxy) is 1. The van der Waals surface area contributed by atoms with Gasteiger partial charge < -0.3 is 4.74 Å². The van der Waals surface area contributed by atoms with E-state index >= 15 is 0 Å². The van der Waals surface area contributed by atoms with Gasteiger partial charge in [0.1, 0.15) is 29.7 Å². The van der Waals surface area contributed by atoms with Crippen molar-refractivity contribution >= 4 is 11.9 Å². The quantitative estimate of drug-likeness (QED) is 0.350. The minimum Gasteiger partial charge on any atom is -0.491 e. The van der Waals surface area contributed by atoms with Crippen molar-refractivity contribution in [2.24, 2.45) is 4.99 Å². The first-order valence-corrected chi connectivity index (χ1v) is 9.57. The Morgan fingerprint density at radius 3 is 2.18 bits per heavy atom. The van der Waals surface area contributed by atoms with Crippen LogP contribution in [0.4, 0.5) is 26.3 Å². The molecule has 2 aromatic heterocycles. The Balaban J connectivity index is 1.92. The zero-order chi connectivity index (χ0) is 24.4. The number of allylic oxidation sites excluding steroid dienone is 1. The lowest BCUT2D eigenvalue weighted by Crippen LogP contribution is -2.29. The predicted molar refractivity (Wildman–Crippen MR) is 108 cm³/mol. The summed E-state index contributed by atoms with van der Waals surface area (Å²) in [6, 6.07) is 4.45. The van der Waals surface area contributed by atoms with Crippen molar-refractivity contribution in [3.8, 4) is 0 Å². The number of hydrogen-bond acceptors (Lipinski definition) is 6. The van der Waals surface area contributed by atoms with Crippen LogP contribution in [-0.4, -0.2) is 27.4 Å². The fourth-order valence-corrected chi connectivity index (χ4v) is 2.90. The molecule has 2 aromatic rings. The fraction of sp³-hybridized carbons (Fsp3) is 0.286. The van der Waals surface area contributed by atoms with Gasteiger partial charge >= 0.3 is 12.4 Å². The minimum atomic E-state index is -5.06. The second-order valence-electron chi connectivity index (χ2n) is 7.24. The molecule has 3 heterocycles. The van der Waals surface area contributed by atoms with Crippen LogP contribution in [0.1, 0.15) is 42.5 Å². The molecule has 0 radical (unpaired) electrons. The largest absolute Gasteiger partial charge is 0.491 e. The Bertz CT molecular complexity index is 1030. The Kier molecular flexibility index (Phi) is 6.77. The summed E-state index contributed by atoms with van der Waals surface area (Å²) in [7, 11) is 0. The molecule has 3 rings (SSSR count). The van der Waals surface area contributed by atoms with Crippen LogP contribution in [0.5, 0.6) is 0 Å². The van der Waals surface area contributed by atoms with Gasteiger partial charge in [-0.1, -0.05) is 6.58 Å². The molecule has 0 saturated heterocycles. The smallest absolute Gasteiger partial charge is 0.433 e. The van der Waals surface area contributed by atoms with E-state index in [1.54, 1.807) is 38.4 Å². The molecule has 0 spiro atoms. The molecule has 1 atom stereocenters. The predicted octanol–water partition coefficient (Wildman–Crippen LogP) is 5.34. The third-order valence-electron chi connectivity index (χ3n) is 4.29. The molecule has 0 fully saturated rings. The third kappa shape index (κ3) is 6.09. The van der Waals surface area contributed by atoms with Crippen LogP contribution in [0, 0.1) is 0 Å². The molecule has 1 unspecified atom stereocenters. The van der Waals surface area contributed by atoms with Crippen molar-refractivity contribution in [3.05, 3.63) is 77.7 Å². The van der Waals surface area contributed by atoms with E-state index in [1.165, 1.54) is 17.5 Å². The van der Waals surface area contributed by atoms with Crippen LogP contribution in [0.2, 0.25) is 0 Å². The highest BCUT2D eigenvalue weighted by Gasteiger charge is 2.39. The topological polar surface area (TPSA) is 62.6 Å². The van der Waals surface area contributed by atoms with E-state index in [9.17, 15) is 26.3 Å². The summed E-state index contributed by atoms with van der Waals surface area (Å²) in [6.45, 7) is 7.51. The molecule has 0 amide bonds. The van der Waals surface area contributed by atoms with Gasteiger partial charge in [-0.25, -0.2) is 15.4 Å². The lowest BCUT2D eigenvalue weighted by Gasteiger charge is -2.20. The summed E-state index contributed by atoms with van der Waals surface area (Å²) in [6.07, 6.45) is -5.66. The highest BCUT2D eigenvalue weighted by molar-refractivity contribution is 5.78. The van der Waals surface area contributed by atoms with E-state index in [0.29, 0.717) is 29.0 Å². The number of nitrogens with zero attached hydrogens (tertiary/aromatic N) is 4. The second kappa shape index (κ2) is 9.22. The van der Waals surface area contributed by atoms with Crippen molar-refractivity contribution in [3.63, 3.8) is 0 Å². The third-order valence-corrected chi connectivity index (χ3v) is 4.29. The van der Waals surface area contributed by atoms with Crippen LogP contribution in [-0.2, 0) is 17.1 Å². The first-order valence-electron chi connectivity index (χ1n) is 9.57. The summed E-state index contributed by atoms with van der Waals surface area (Å²) in [4.78, 5) is 10.7. The van der Waals surface area contributed by atoms with E-state index in [-0.39, 0.29) is 11.7 Å². The normalized spacial score (nSPS) is 17.1. The summed E-state index contributed by atoms with van der Waals surface area (Å²) in [5.74, 6) is 0.303. The molecule has 33 heavy (non-hydrogen) atoms. The zero-order valence-corrected chi connectivity index (χ0v) is 17.4. The summed E-state index contributed by atoms with van der Waals surface area (Å²) >= 11 is 0. The van der Waals surface area contributed by atoms with E-state index in [1.807, 2.05) is 0 Å². The van der Waals surface area contributed by atoms with E-state index in [2.05, 4.69) is 27.0 Å². The number of pyridine rings is 2. The number of aromatic nitrogens is 2. The minimum absolute atomic E-state index is 0.186. The van der Waals surface area contributed by atoms with Gasteiger partial charge in [-0.2, -0.15) is 26.3 Å². The molecule has 0 aromatic carbocycles. The number of aliphatic imine (C=N–C) groups is 1. The average molecular weight is 471 g/mol. The number of hydrazine groups is 1. The molecule has 1 aliphatic rings. The highest BCUT2D eigenvalue weighted by Crippen LogP contribution is 2.36. The fourth-order valence-electron chi connectivity index (χ4n) is 2.90. The summed E-state index contributed by atoms with van der Waals surface area (Å²) < 4.78 is 84.3. The average Bonchev–Trinajstić information content (AvgIpc) is 3.19. The molecule has 12 heteroatoms. The Hall–Kier alpha value is -3.41. The molecule has 1 aliphatic heterocycles. The van der Waals surface area contributed by atoms with Crippen LogP contribution in [0.3, 0.4) is 0 Å². The zero-order valence-electron chi connectivity index (χ0n) is 17.4. The molecule has 0 saturated carbocycles. The highest BCUT2D eigenvalue weighted by atomic mass is 19.4. The SMILES string of the molecule is C=C(OC(C)C)/C(=C/N1C=NC(c2cc(C(F)(F)F)nc(C(F)(F)F)c2)N1)c1ccncc1. The first kappa shape index (κ1) is 24.2. The monoisotopic (exact) mass is 471 g/mol. The molecule has 1 N–H and O–H groups in total. The maximum atomic E-state index is 13.1. The van der Waals surface area contributed by atoms with Gasteiger partial charge in [0, 0.05) is 24.2 Å². The molecular formula is C21H19F6N5O. The lowest BCUT2D eigenvalue weighted by atomic mass is 10.1. The Morgan fingerprint density at radius 1 is 1.09 bits per heavy atom. The van der Waals surface area contributed by atoms with Crippen LogP contribution in [0.25, 0.3) is 5.57 Å². The first-order chi connectivity index (χ1) is 15.3. The molecule has 0 aliphatic carbocycles. The van der Waals surface area contributed by atoms with Crippen molar-refractivity contribution in [1.82, 2.24) is 20.4 Å². The number of hydrogen-bond donors (Lipinski definition) is 1. The van der Waals surface area contributed by atoms with Gasteiger partial charge in [-0.3, -0.25) is 9.99 Å². The van der Waals surface area contributed by atoms with Gasteiger partial charge in [0.2, 0.25) is 0 Å². The molecule has 0 bridgehead atoms. The summed E-state index contributed by atoms with van der Waals surface area (Å²) in [5, 5.41) is 1.30. The van der Waals surface area contributed by atoms with Crippen molar-refractivity contribution in [1.29, 1.82) is 0 Å². The maximum Gasteiger partial charge on any atom is 0.433 e. The Morgan fingerprint density at radius 2 is 1.67 bits per heavy atom. The number of alkyl halides is 6. The molecular weight excluding hydrogens is 452 g/mol. The number of rotatable bonds is 6. The van der Waals surface area contributed by atoms with Gasteiger partial charge in [0.25, 0.3) is 0 Å². The van der Waals surface area contributed by atoms with Crippen LogP contribution >= 0.6 is 0 Å². The van der Waals surface area contributed by atoms with Crippen molar-refractivity contribution < 1.29 is 31.1 Å². The summed E-state index contributed by atoms with van der Waals surface area (Å²) in [5.41, 5.74) is 0.254. The van der Waals surface area contributed by atoms with Crippen LogP contribution in [0.15, 0.2) is 60.2 Å². The van der Waals surface area contributed by atoms with Crippen molar-refractivity contribution in [2.45, 2.75) is 38.5 Å². The van der Waals surface area contributed by atoms with Crippen molar-refractivity contribution in [2.75, 3.05) is 0 Å². The number of nitrogens with one attached hydrogen (secondary N) is 1. The number of halogens is 6. The second-order valence-corrected chi connectivity index (χ2v) is 7.24. The van der Waals surface area contributed by atoms with Crippen LogP contribution < -0.4 is 5.43 Å². The Labute approximate surface area is 185 Å². The lowest BCUT2D eigenvalue weighted by molar-refractivity contribution is -0.150. The molecule has 176 valence electrons. The van der Waals surface area contributed by atoms with Gasteiger partial charge in [0.15, 0.2) is 0 Å². The van der Waals surface area contributed by atoms with E-state index in [4.69, 9.17) is 4.74 Å². The van der Waals surface area contributed by atoms with E-state index in [0.717, 1.165) is 0 Å². The van der Waals surface area contributed by atoms with Gasteiger partial charge in [-0.05, 0) is 49.2 Å². The molecule has 6 nitrogen and oxygen atoms in total. The van der Waals surface area contributed by atoms with Gasteiger partial charge in [-0.15, -0.1) is 0 Å². The van der Waals surface area contributed by atoms with Gasteiger partial charge in [0.05, 0.1) is 6.10 Å². The maximum absolute atomic E-state index is 13.1. The van der Waals surface area contributed by atoms with E-state index < -0.39 is 29.9 Å². The standard InChI is InChI=1S/C21H19F6N5O/c1-12(2)33-13(3)16(14-4-6-28-7-5-14)10-32-11-29-19(31-32)15-8-17(20(22,23)24)30-18(9-15)21(25,26)27/h4-12,19,31H,3H2,1-2H3/b16-10-.